The number of hydrogen-bond acceptors (Lipinski definition) is 4. The molecular weight excluding hydrogens is 370 g/mol. The molecule has 1 aromatic rings. The van der Waals surface area contributed by atoms with Crippen LogP contribution in [0.15, 0.2) is 24.5 Å². The fraction of sp³-hybridized carbons (Fsp3) is 0.545. The molecule has 0 spiro atoms. The molecule has 1 saturated heterocycles. The molecule has 0 aromatic carbocycles. The predicted molar refractivity (Wildman–Crippen MR) is 106 cm³/mol. The summed E-state index contributed by atoms with van der Waals surface area (Å²) in [5, 5.41) is 12.9. The highest BCUT2D eigenvalue weighted by Gasteiger charge is 2.53. The van der Waals surface area contributed by atoms with Gasteiger partial charge in [-0.3, -0.25) is 14.6 Å². The Hall–Kier alpha value is -2.88. The molecule has 154 valence electrons. The van der Waals surface area contributed by atoms with Crippen LogP contribution in [0.2, 0.25) is 0 Å². The number of nitrogens with one attached hydrogen (secondary N) is 1. The quantitative estimate of drug-likeness (QED) is 0.686. The van der Waals surface area contributed by atoms with Crippen molar-refractivity contribution in [3.05, 3.63) is 30.1 Å². The second-order valence-electron chi connectivity index (χ2n) is 7.76. The number of amides is 2. The summed E-state index contributed by atoms with van der Waals surface area (Å²) in [6, 6.07) is 3.75. The lowest BCUT2D eigenvalue weighted by Crippen LogP contribution is -2.71. The first kappa shape index (κ1) is 20.8. The number of nitrogens with zero attached hydrogens (tertiary/aromatic N) is 2. The zero-order chi connectivity index (χ0) is 20.9. The van der Waals surface area contributed by atoms with Crippen molar-refractivity contribution >= 4 is 17.8 Å². The summed E-state index contributed by atoms with van der Waals surface area (Å²) in [6.07, 6.45) is 8.07. The average molecular weight is 397 g/mol. The van der Waals surface area contributed by atoms with Gasteiger partial charge >= 0.3 is 5.97 Å². The molecule has 1 aromatic heterocycles. The Morgan fingerprint density at radius 2 is 2.07 bits per heavy atom. The van der Waals surface area contributed by atoms with Crippen LogP contribution in [0.5, 0.6) is 0 Å². The van der Waals surface area contributed by atoms with E-state index in [4.69, 9.17) is 0 Å². The first-order valence-electron chi connectivity index (χ1n) is 10.2. The highest BCUT2D eigenvalue weighted by atomic mass is 16.4. The van der Waals surface area contributed by atoms with Crippen LogP contribution in [0.25, 0.3) is 0 Å². The van der Waals surface area contributed by atoms with Crippen LogP contribution in [-0.4, -0.2) is 45.0 Å². The van der Waals surface area contributed by atoms with E-state index in [1.165, 1.54) is 11.8 Å². The molecule has 1 aliphatic carbocycles. The highest BCUT2D eigenvalue weighted by molar-refractivity contribution is 5.91. The number of carboxylic acids is 1. The second kappa shape index (κ2) is 9.08. The van der Waals surface area contributed by atoms with E-state index < -0.39 is 23.5 Å². The van der Waals surface area contributed by atoms with E-state index in [1.54, 1.807) is 12.4 Å². The van der Waals surface area contributed by atoms with Gasteiger partial charge < -0.3 is 15.3 Å². The Morgan fingerprint density at radius 1 is 1.34 bits per heavy atom. The molecule has 3 rings (SSSR count). The summed E-state index contributed by atoms with van der Waals surface area (Å²) >= 11 is 0. The summed E-state index contributed by atoms with van der Waals surface area (Å²) < 4.78 is 0. The van der Waals surface area contributed by atoms with E-state index in [0.717, 1.165) is 24.8 Å². The molecule has 7 heteroatoms. The van der Waals surface area contributed by atoms with Crippen LogP contribution in [0.1, 0.15) is 51.0 Å². The number of carboxylic acid groups (broad SMARTS) is 1. The summed E-state index contributed by atoms with van der Waals surface area (Å²) in [4.78, 5) is 42.8. The maximum absolute atomic E-state index is 12.7. The topological polar surface area (TPSA) is 99.6 Å². The minimum Gasteiger partial charge on any atom is -0.478 e. The number of hydrogen-bond donors (Lipinski definition) is 2. The molecule has 2 amide bonds. The lowest BCUT2D eigenvalue weighted by Gasteiger charge is -2.45. The van der Waals surface area contributed by atoms with E-state index in [0.29, 0.717) is 25.8 Å². The number of piperidine rings is 1. The van der Waals surface area contributed by atoms with Gasteiger partial charge in [-0.05, 0) is 56.2 Å². The van der Waals surface area contributed by atoms with Gasteiger partial charge in [-0.2, -0.15) is 0 Å². The molecule has 2 N–H and O–H groups in total. The maximum atomic E-state index is 12.7. The number of likely N-dealkylation sites (tertiary alicyclic amines) is 1. The molecule has 2 atom stereocenters. The van der Waals surface area contributed by atoms with Crippen molar-refractivity contribution < 1.29 is 19.5 Å². The van der Waals surface area contributed by atoms with Crippen LogP contribution in [-0.2, 0) is 20.8 Å². The van der Waals surface area contributed by atoms with Gasteiger partial charge in [0.1, 0.15) is 0 Å². The van der Waals surface area contributed by atoms with E-state index in [1.807, 2.05) is 12.1 Å². The van der Waals surface area contributed by atoms with Gasteiger partial charge in [-0.25, -0.2) is 4.79 Å². The third-order valence-corrected chi connectivity index (χ3v) is 5.46. The molecule has 2 unspecified atom stereocenters. The van der Waals surface area contributed by atoms with Crippen LogP contribution in [0.4, 0.5) is 0 Å². The van der Waals surface area contributed by atoms with Gasteiger partial charge in [0.15, 0.2) is 0 Å². The van der Waals surface area contributed by atoms with E-state index in [-0.39, 0.29) is 18.2 Å². The van der Waals surface area contributed by atoms with Crippen LogP contribution in [0.3, 0.4) is 0 Å². The van der Waals surface area contributed by atoms with Gasteiger partial charge in [-0.15, -0.1) is 0 Å². The highest BCUT2D eigenvalue weighted by Crippen LogP contribution is 2.33. The molecule has 0 radical (unpaired) electrons. The van der Waals surface area contributed by atoms with Crippen LogP contribution in [0, 0.1) is 23.7 Å². The van der Waals surface area contributed by atoms with Crippen molar-refractivity contribution in [3.63, 3.8) is 0 Å². The molecule has 2 aliphatic rings. The number of carbonyl (C=O) groups is 3. The van der Waals surface area contributed by atoms with E-state index in [2.05, 4.69) is 22.1 Å². The Balaban J connectivity index is 2.00. The number of aliphatic carboxylic acids is 1. The summed E-state index contributed by atoms with van der Waals surface area (Å²) in [5.74, 6) is 3.87. The number of pyridine rings is 1. The maximum Gasteiger partial charge on any atom is 0.352 e. The minimum absolute atomic E-state index is 0.255. The molecule has 29 heavy (non-hydrogen) atoms. The fourth-order valence-electron chi connectivity index (χ4n) is 3.80. The Bertz CT molecular complexity index is 825. The lowest BCUT2D eigenvalue weighted by molar-refractivity contribution is -0.169. The van der Waals surface area contributed by atoms with E-state index in [9.17, 15) is 19.5 Å². The monoisotopic (exact) mass is 397 g/mol. The number of carbonyl (C=O) groups excluding carboxylic acids is 2. The van der Waals surface area contributed by atoms with Crippen molar-refractivity contribution in [1.82, 2.24) is 15.2 Å². The van der Waals surface area contributed by atoms with Gasteiger partial charge in [0.25, 0.3) is 0 Å². The van der Waals surface area contributed by atoms with E-state index >= 15 is 0 Å². The van der Waals surface area contributed by atoms with Crippen molar-refractivity contribution in [3.8, 4) is 11.8 Å². The normalized spacial score (nSPS) is 19.5. The van der Waals surface area contributed by atoms with Crippen molar-refractivity contribution in [1.29, 1.82) is 0 Å². The summed E-state index contributed by atoms with van der Waals surface area (Å²) in [7, 11) is 0. The van der Waals surface area contributed by atoms with Crippen molar-refractivity contribution in [2.24, 2.45) is 11.8 Å². The van der Waals surface area contributed by atoms with Crippen molar-refractivity contribution in [2.75, 3.05) is 6.54 Å². The van der Waals surface area contributed by atoms with Crippen LogP contribution >= 0.6 is 0 Å². The second-order valence-corrected chi connectivity index (χ2v) is 7.76. The van der Waals surface area contributed by atoms with Gasteiger partial charge in [0, 0.05) is 38.2 Å². The molecule has 2 heterocycles. The van der Waals surface area contributed by atoms with Gasteiger partial charge in [0.05, 0.1) is 5.92 Å². The zero-order valence-corrected chi connectivity index (χ0v) is 16.7. The molecule has 1 saturated carbocycles. The minimum atomic E-state index is -1.86. The molecule has 7 nitrogen and oxygen atoms in total. The Morgan fingerprint density at radius 3 is 2.66 bits per heavy atom. The Labute approximate surface area is 170 Å². The number of aryl methyl sites for hydroxylation is 1. The first-order valence-corrected chi connectivity index (χ1v) is 10.2. The lowest BCUT2D eigenvalue weighted by atomic mass is 9.84. The van der Waals surface area contributed by atoms with Gasteiger partial charge in [-0.1, -0.05) is 11.8 Å². The standard InChI is InChI=1S/C22H27N3O4/c1-16(26)24-22(21(28)29,25-15-3-2-4-20(25)27)19(9-7-17-5-6-17)10-8-18-11-13-23-14-12-18/h11-14,17,19H,2-6,8,10,15H2,1H3,(H,24,26)(H,28,29). The molecule has 0 bridgehead atoms. The number of rotatable bonds is 7. The Kier molecular flexibility index (Phi) is 6.53. The van der Waals surface area contributed by atoms with Crippen molar-refractivity contribution in [2.45, 2.75) is 57.5 Å². The summed E-state index contributed by atoms with van der Waals surface area (Å²) in [5.41, 5.74) is -0.858. The third-order valence-electron chi connectivity index (χ3n) is 5.46. The van der Waals surface area contributed by atoms with Crippen LogP contribution < -0.4 is 5.32 Å². The molecule has 1 aliphatic heterocycles. The number of aromatic nitrogens is 1. The molecular formula is C22H27N3O4. The average Bonchev–Trinajstić information content (AvgIpc) is 3.52. The third kappa shape index (κ3) is 4.94. The SMILES string of the molecule is CC(=O)NC(C(=O)O)(C(C#CC1CC1)CCc1ccncc1)N1CCCCC1=O. The zero-order valence-electron chi connectivity index (χ0n) is 16.7. The summed E-state index contributed by atoms with van der Waals surface area (Å²) in [6.45, 7) is 1.57. The van der Waals surface area contributed by atoms with Gasteiger partial charge in [0.2, 0.25) is 17.5 Å². The smallest absolute Gasteiger partial charge is 0.352 e. The first-order chi connectivity index (χ1) is 13.9. The predicted octanol–water partition coefficient (Wildman–Crippen LogP) is 1.97. The largest absolute Gasteiger partial charge is 0.478 e. The fourth-order valence-corrected chi connectivity index (χ4v) is 3.80. The molecule has 2 fully saturated rings.